The summed E-state index contributed by atoms with van der Waals surface area (Å²) in [4.78, 5) is 16.9. The van der Waals surface area contributed by atoms with Crippen LogP contribution in [-0.4, -0.2) is 14.7 Å². The van der Waals surface area contributed by atoms with Crippen LogP contribution in [0, 0.1) is 6.92 Å². The molecule has 0 aliphatic carbocycles. The zero-order chi connectivity index (χ0) is 12.1. The van der Waals surface area contributed by atoms with Gasteiger partial charge in [0.05, 0.1) is 17.7 Å². The van der Waals surface area contributed by atoms with Crippen molar-refractivity contribution >= 4 is 22.9 Å². The molecule has 7 heteroatoms. The lowest BCUT2D eigenvalue weighted by Gasteiger charge is -2.08. The second kappa shape index (κ2) is 5.59. The summed E-state index contributed by atoms with van der Waals surface area (Å²) < 4.78 is 20.1. The third-order valence-corrected chi connectivity index (χ3v) is 2.08. The molecule has 88 valence electrons. The van der Waals surface area contributed by atoms with Crippen LogP contribution in [0.3, 0.4) is 0 Å². The quantitative estimate of drug-likeness (QED) is 0.438. The topological polar surface area (TPSA) is 104 Å². The van der Waals surface area contributed by atoms with E-state index in [1.165, 1.54) is 4.89 Å². The molecule has 0 bridgehead atoms. The van der Waals surface area contributed by atoms with E-state index in [1.807, 2.05) is 6.92 Å². The van der Waals surface area contributed by atoms with Crippen molar-refractivity contribution in [1.82, 2.24) is 4.89 Å². The fourth-order valence-electron chi connectivity index (χ4n) is 1.15. The average molecular weight is 243 g/mol. The number of hydrogen-bond donors (Lipinski definition) is 2. The van der Waals surface area contributed by atoms with Crippen molar-refractivity contribution in [2.75, 3.05) is 5.73 Å². The first kappa shape index (κ1) is 12.6. The van der Waals surface area contributed by atoms with Gasteiger partial charge in [-0.1, -0.05) is 17.0 Å². The lowest BCUT2D eigenvalue weighted by molar-refractivity contribution is -0.146. The first-order valence-electron chi connectivity index (χ1n) is 4.38. The van der Waals surface area contributed by atoms with Crippen molar-refractivity contribution in [3.63, 3.8) is 0 Å². The number of hydrogen-bond acceptors (Lipinski definition) is 5. The van der Waals surface area contributed by atoms with E-state index in [0.29, 0.717) is 11.3 Å². The Kier molecular flexibility index (Phi) is 4.41. The average Bonchev–Trinajstić information content (AvgIpc) is 2.19. The standard InChI is InChI=1S/C9H12N2O4S/c1-6-2-3-7(8(10)4-6)5-9(12)15-11-16(13)14/h2-4,11H,5,10H2,1H3,(H,13,14)/p-1. The molecule has 0 radical (unpaired) electrons. The van der Waals surface area contributed by atoms with E-state index >= 15 is 0 Å². The van der Waals surface area contributed by atoms with Gasteiger partial charge in [0.1, 0.15) is 0 Å². The molecule has 1 aromatic carbocycles. The number of benzene rings is 1. The highest BCUT2D eigenvalue weighted by Gasteiger charge is 2.07. The van der Waals surface area contributed by atoms with Gasteiger partial charge in [-0.05, 0) is 24.1 Å². The van der Waals surface area contributed by atoms with Gasteiger partial charge in [-0.2, -0.15) is 0 Å². The predicted octanol–water partition coefficient (Wildman–Crippen LogP) is -0.0384. The van der Waals surface area contributed by atoms with E-state index in [-0.39, 0.29) is 6.42 Å². The van der Waals surface area contributed by atoms with Gasteiger partial charge in [-0.3, -0.25) is 4.21 Å². The summed E-state index contributed by atoms with van der Waals surface area (Å²) in [5, 5.41) is 0. The van der Waals surface area contributed by atoms with Gasteiger partial charge in [-0.15, -0.1) is 0 Å². The fraction of sp³-hybridized carbons (Fsp3) is 0.222. The van der Waals surface area contributed by atoms with Crippen LogP contribution < -0.4 is 10.6 Å². The molecular formula is C9H11N2O4S-. The normalized spacial score (nSPS) is 12.1. The molecular weight excluding hydrogens is 232 g/mol. The Balaban J connectivity index is 2.59. The van der Waals surface area contributed by atoms with Gasteiger partial charge >= 0.3 is 5.97 Å². The Morgan fingerprint density at radius 1 is 1.62 bits per heavy atom. The van der Waals surface area contributed by atoms with E-state index in [9.17, 15) is 13.6 Å². The molecule has 0 aromatic heterocycles. The molecule has 0 fully saturated rings. The van der Waals surface area contributed by atoms with E-state index in [2.05, 4.69) is 4.84 Å². The van der Waals surface area contributed by atoms with Gasteiger partial charge in [0, 0.05) is 5.69 Å². The Hall–Kier alpha value is -1.44. The molecule has 1 atom stereocenters. The second-order valence-corrected chi connectivity index (χ2v) is 3.81. The highest BCUT2D eigenvalue weighted by molar-refractivity contribution is 7.76. The number of anilines is 1. The van der Waals surface area contributed by atoms with Crippen LogP contribution in [0.25, 0.3) is 0 Å². The van der Waals surface area contributed by atoms with Gasteiger partial charge in [0.25, 0.3) is 0 Å². The molecule has 0 heterocycles. The number of carbonyl (C=O) groups excluding carboxylic acids is 1. The summed E-state index contributed by atoms with van der Waals surface area (Å²) in [6, 6.07) is 5.22. The van der Waals surface area contributed by atoms with Crippen molar-refractivity contribution in [3.05, 3.63) is 29.3 Å². The van der Waals surface area contributed by atoms with Crippen LogP contribution in [-0.2, 0) is 27.3 Å². The number of rotatable bonds is 4. The zero-order valence-electron chi connectivity index (χ0n) is 8.56. The third-order valence-electron chi connectivity index (χ3n) is 1.86. The van der Waals surface area contributed by atoms with Crippen molar-refractivity contribution in [1.29, 1.82) is 0 Å². The van der Waals surface area contributed by atoms with Crippen LogP contribution in [0.15, 0.2) is 18.2 Å². The van der Waals surface area contributed by atoms with Crippen LogP contribution >= 0.6 is 0 Å². The van der Waals surface area contributed by atoms with Crippen LogP contribution in [0.5, 0.6) is 0 Å². The largest absolute Gasteiger partial charge is 0.758 e. The van der Waals surface area contributed by atoms with E-state index in [0.717, 1.165) is 5.56 Å². The Morgan fingerprint density at radius 3 is 2.88 bits per heavy atom. The monoisotopic (exact) mass is 243 g/mol. The summed E-state index contributed by atoms with van der Waals surface area (Å²) in [5.74, 6) is -0.722. The minimum Gasteiger partial charge on any atom is -0.758 e. The lowest BCUT2D eigenvalue weighted by atomic mass is 10.1. The molecule has 16 heavy (non-hydrogen) atoms. The fourth-order valence-corrected chi connectivity index (χ4v) is 1.31. The van der Waals surface area contributed by atoms with Crippen molar-refractivity contribution in [2.24, 2.45) is 0 Å². The summed E-state index contributed by atoms with van der Waals surface area (Å²) in [6.45, 7) is 1.88. The van der Waals surface area contributed by atoms with E-state index in [1.54, 1.807) is 18.2 Å². The van der Waals surface area contributed by atoms with Crippen molar-refractivity contribution < 1.29 is 18.4 Å². The lowest BCUT2D eigenvalue weighted by Crippen LogP contribution is -2.23. The smallest absolute Gasteiger partial charge is 0.330 e. The number of carbonyl (C=O) groups is 1. The molecule has 0 saturated heterocycles. The molecule has 6 nitrogen and oxygen atoms in total. The van der Waals surface area contributed by atoms with E-state index < -0.39 is 17.2 Å². The number of aryl methyl sites for hydroxylation is 1. The number of nitrogens with one attached hydrogen (secondary N) is 1. The SMILES string of the molecule is Cc1ccc(CC(=O)ONS(=O)[O-])c(N)c1. The highest BCUT2D eigenvalue weighted by atomic mass is 32.2. The van der Waals surface area contributed by atoms with Gasteiger partial charge in [-0.25, -0.2) is 4.79 Å². The molecule has 1 unspecified atom stereocenters. The van der Waals surface area contributed by atoms with Crippen LogP contribution in [0.4, 0.5) is 5.69 Å². The second-order valence-electron chi connectivity index (χ2n) is 3.17. The number of nitrogen functional groups attached to an aromatic ring is 1. The molecule has 0 aliphatic heterocycles. The minimum absolute atomic E-state index is 0.0870. The first-order valence-corrected chi connectivity index (χ1v) is 5.46. The zero-order valence-corrected chi connectivity index (χ0v) is 9.37. The molecule has 3 N–H and O–H groups in total. The number of nitrogens with two attached hydrogens (primary N) is 1. The summed E-state index contributed by atoms with van der Waals surface area (Å²) in [6.07, 6.45) is -0.0870. The van der Waals surface area contributed by atoms with Gasteiger partial charge in [0.2, 0.25) is 0 Å². The minimum atomic E-state index is -2.63. The van der Waals surface area contributed by atoms with Crippen LogP contribution in [0.2, 0.25) is 0 Å². The highest BCUT2D eigenvalue weighted by Crippen LogP contribution is 2.14. The van der Waals surface area contributed by atoms with Crippen LogP contribution in [0.1, 0.15) is 11.1 Å². The van der Waals surface area contributed by atoms with Crippen molar-refractivity contribution in [2.45, 2.75) is 13.3 Å². The molecule has 0 amide bonds. The molecule has 1 rings (SSSR count). The molecule has 1 aromatic rings. The first-order chi connectivity index (χ1) is 7.49. The van der Waals surface area contributed by atoms with Crippen molar-refractivity contribution in [3.8, 4) is 0 Å². The van der Waals surface area contributed by atoms with Gasteiger partial charge < -0.3 is 15.1 Å². The maximum atomic E-state index is 11.1. The molecule has 0 spiro atoms. The molecule has 0 saturated carbocycles. The Bertz CT molecular complexity index is 422. The van der Waals surface area contributed by atoms with Gasteiger partial charge in [0.15, 0.2) is 0 Å². The third kappa shape index (κ3) is 3.97. The van der Waals surface area contributed by atoms with E-state index in [4.69, 9.17) is 5.73 Å². The maximum Gasteiger partial charge on any atom is 0.330 e. The molecule has 0 aliphatic rings. The predicted molar refractivity (Wildman–Crippen MR) is 57.4 cm³/mol. The Labute approximate surface area is 95.2 Å². The summed E-state index contributed by atoms with van der Waals surface area (Å²) in [7, 11) is 0. The summed E-state index contributed by atoms with van der Waals surface area (Å²) >= 11 is -2.63. The maximum absolute atomic E-state index is 11.1. The Morgan fingerprint density at radius 2 is 2.31 bits per heavy atom. The summed E-state index contributed by atoms with van der Waals surface area (Å²) in [5.41, 5.74) is 7.72.